The van der Waals surface area contributed by atoms with Crippen molar-refractivity contribution in [2.45, 2.75) is 26.9 Å². The number of aryl methyl sites for hydroxylation is 2. The molecule has 108 valence electrons. The third kappa shape index (κ3) is 3.07. The monoisotopic (exact) mass is 280 g/mol. The Morgan fingerprint density at radius 2 is 1.81 bits per heavy atom. The van der Waals surface area contributed by atoms with Crippen LogP contribution in [0.25, 0.3) is 0 Å². The molecule has 0 aliphatic heterocycles. The van der Waals surface area contributed by atoms with Gasteiger partial charge in [0.25, 0.3) is 0 Å². The van der Waals surface area contributed by atoms with Gasteiger partial charge >= 0.3 is 0 Å². The van der Waals surface area contributed by atoms with Crippen LogP contribution in [-0.2, 0) is 0 Å². The molecule has 0 unspecified atom stereocenters. The van der Waals surface area contributed by atoms with E-state index in [-0.39, 0.29) is 0 Å². The molecule has 0 radical (unpaired) electrons. The van der Waals surface area contributed by atoms with E-state index in [2.05, 4.69) is 38.1 Å². The molecule has 0 bridgehead atoms. The van der Waals surface area contributed by atoms with Gasteiger partial charge in [-0.1, -0.05) is 23.8 Å². The van der Waals surface area contributed by atoms with Gasteiger partial charge in [-0.3, -0.25) is 0 Å². The summed E-state index contributed by atoms with van der Waals surface area (Å²) in [5.41, 5.74) is 5.71. The van der Waals surface area contributed by atoms with Crippen LogP contribution >= 0.6 is 0 Å². The van der Waals surface area contributed by atoms with E-state index in [1.165, 1.54) is 5.56 Å². The molecule has 0 saturated heterocycles. The van der Waals surface area contributed by atoms with Gasteiger partial charge in [0.15, 0.2) is 0 Å². The Morgan fingerprint density at radius 3 is 2.38 bits per heavy atom. The topological polar surface area (TPSA) is 47.3 Å². The fraction of sp³-hybridized carbons (Fsp3) is 0.278. The van der Waals surface area contributed by atoms with Crippen molar-refractivity contribution >= 4 is 11.4 Å². The van der Waals surface area contributed by atoms with Crippen molar-refractivity contribution < 1.29 is 5.11 Å². The number of nitrogens with zero attached hydrogens (tertiary/aromatic N) is 2. The number of hydrogen-bond acceptors (Lipinski definition) is 3. The van der Waals surface area contributed by atoms with Crippen LogP contribution < -0.4 is 4.90 Å². The molecule has 1 N–H and O–H groups in total. The summed E-state index contributed by atoms with van der Waals surface area (Å²) in [6, 6.07) is 13.8. The third-order valence-electron chi connectivity index (χ3n) is 3.68. The first-order chi connectivity index (χ1) is 9.93. The lowest BCUT2D eigenvalue weighted by Crippen LogP contribution is -2.14. The molecule has 0 fully saturated rings. The maximum absolute atomic E-state index is 9.97. The molecule has 0 saturated carbocycles. The minimum absolute atomic E-state index is 0.582. The van der Waals surface area contributed by atoms with E-state index in [4.69, 9.17) is 5.26 Å². The Hall–Kier alpha value is -2.31. The molecule has 0 aliphatic carbocycles. The van der Waals surface area contributed by atoms with Crippen molar-refractivity contribution in [2.75, 3.05) is 11.9 Å². The van der Waals surface area contributed by atoms with Gasteiger partial charge in [0.2, 0.25) is 0 Å². The molecule has 3 nitrogen and oxygen atoms in total. The second-order valence-electron chi connectivity index (χ2n) is 5.41. The van der Waals surface area contributed by atoms with Crippen LogP contribution in [-0.4, -0.2) is 12.2 Å². The van der Waals surface area contributed by atoms with Gasteiger partial charge in [0, 0.05) is 24.0 Å². The predicted molar refractivity (Wildman–Crippen MR) is 85.8 cm³/mol. The van der Waals surface area contributed by atoms with Crippen LogP contribution in [0.1, 0.15) is 35.3 Å². The van der Waals surface area contributed by atoms with Gasteiger partial charge < -0.3 is 10.0 Å². The van der Waals surface area contributed by atoms with Crippen molar-refractivity contribution in [3.05, 3.63) is 58.7 Å². The number of benzene rings is 2. The van der Waals surface area contributed by atoms with Crippen LogP contribution in [0.4, 0.5) is 11.4 Å². The van der Waals surface area contributed by atoms with Crippen molar-refractivity contribution in [3.63, 3.8) is 0 Å². The van der Waals surface area contributed by atoms with Gasteiger partial charge in [0.05, 0.1) is 17.7 Å². The van der Waals surface area contributed by atoms with E-state index >= 15 is 0 Å². The number of hydrogen-bond donors (Lipinski definition) is 1. The number of aliphatic hydroxyl groups is 1. The normalized spacial score (nSPS) is 11.8. The Bertz CT molecular complexity index is 699. The highest BCUT2D eigenvalue weighted by Crippen LogP contribution is 2.33. The Labute approximate surface area is 126 Å². The quantitative estimate of drug-likeness (QED) is 0.924. The molecule has 0 aliphatic rings. The van der Waals surface area contributed by atoms with Gasteiger partial charge in [-0.05, 0) is 44.5 Å². The smallest absolute Gasteiger partial charge is 0.0992 e. The molecule has 0 aromatic heterocycles. The summed E-state index contributed by atoms with van der Waals surface area (Å²) in [5, 5.41) is 19.1. The van der Waals surface area contributed by atoms with E-state index < -0.39 is 6.10 Å². The number of nitriles is 1. The summed E-state index contributed by atoms with van der Waals surface area (Å²) >= 11 is 0. The largest absolute Gasteiger partial charge is 0.389 e. The summed E-state index contributed by atoms with van der Waals surface area (Å²) in [6.45, 7) is 5.87. The SMILES string of the molecule is Cc1ccc(N(C)c2cc(C#N)ccc2[C@H](C)O)c(C)c1. The zero-order chi connectivity index (χ0) is 15.6. The number of aliphatic hydroxyl groups excluding tert-OH is 1. The van der Waals surface area contributed by atoms with Crippen molar-refractivity contribution in [3.8, 4) is 6.07 Å². The first-order valence-corrected chi connectivity index (χ1v) is 6.97. The highest BCUT2D eigenvalue weighted by atomic mass is 16.3. The highest BCUT2D eigenvalue weighted by Gasteiger charge is 2.15. The van der Waals surface area contributed by atoms with Gasteiger partial charge in [-0.15, -0.1) is 0 Å². The first-order valence-electron chi connectivity index (χ1n) is 6.97. The van der Waals surface area contributed by atoms with E-state index in [1.54, 1.807) is 13.0 Å². The lowest BCUT2D eigenvalue weighted by molar-refractivity contribution is 0.200. The minimum Gasteiger partial charge on any atom is -0.389 e. The minimum atomic E-state index is -0.582. The molecule has 2 aromatic rings. The molecule has 0 spiro atoms. The Balaban J connectivity index is 2.56. The number of rotatable bonds is 3. The zero-order valence-electron chi connectivity index (χ0n) is 12.9. The van der Waals surface area contributed by atoms with Crippen LogP contribution in [0.2, 0.25) is 0 Å². The molecule has 21 heavy (non-hydrogen) atoms. The van der Waals surface area contributed by atoms with Crippen molar-refractivity contribution in [2.24, 2.45) is 0 Å². The Kier molecular flexibility index (Phi) is 4.30. The molecule has 2 aromatic carbocycles. The lowest BCUT2D eigenvalue weighted by Gasteiger charge is -2.25. The summed E-state index contributed by atoms with van der Waals surface area (Å²) in [6.07, 6.45) is -0.582. The fourth-order valence-corrected chi connectivity index (χ4v) is 2.57. The Morgan fingerprint density at radius 1 is 1.10 bits per heavy atom. The molecule has 0 heterocycles. The summed E-state index contributed by atoms with van der Waals surface area (Å²) in [7, 11) is 1.96. The average Bonchev–Trinajstić information content (AvgIpc) is 2.45. The molecular formula is C18H20N2O. The second-order valence-corrected chi connectivity index (χ2v) is 5.41. The maximum Gasteiger partial charge on any atom is 0.0992 e. The molecule has 3 heteroatoms. The lowest BCUT2D eigenvalue weighted by atomic mass is 10.0. The zero-order valence-corrected chi connectivity index (χ0v) is 12.9. The second kappa shape index (κ2) is 5.99. The molecular weight excluding hydrogens is 260 g/mol. The summed E-state index contributed by atoms with van der Waals surface area (Å²) in [4.78, 5) is 2.03. The fourth-order valence-electron chi connectivity index (χ4n) is 2.57. The van der Waals surface area contributed by atoms with Gasteiger partial charge in [-0.25, -0.2) is 0 Å². The van der Waals surface area contributed by atoms with E-state index in [9.17, 15) is 5.11 Å². The van der Waals surface area contributed by atoms with Crippen LogP contribution in [0.15, 0.2) is 36.4 Å². The third-order valence-corrected chi connectivity index (χ3v) is 3.68. The molecule has 1 atom stereocenters. The maximum atomic E-state index is 9.97. The predicted octanol–water partition coefficient (Wildman–Crippen LogP) is 4.00. The van der Waals surface area contributed by atoms with Crippen molar-refractivity contribution in [1.29, 1.82) is 5.26 Å². The first kappa shape index (κ1) is 15.1. The number of anilines is 2. The van der Waals surface area contributed by atoms with Crippen LogP contribution in [0, 0.1) is 25.2 Å². The van der Waals surface area contributed by atoms with E-state index in [0.717, 1.165) is 22.5 Å². The average molecular weight is 280 g/mol. The van der Waals surface area contributed by atoms with Crippen molar-refractivity contribution in [1.82, 2.24) is 0 Å². The van der Waals surface area contributed by atoms with Gasteiger partial charge in [0.1, 0.15) is 0 Å². The van der Waals surface area contributed by atoms with E-state index in [1.807, 2.05) is 24.1 Å². The van der Waals surface area contributed by atoms with Gasteiger partial charge in [-0.2, -0.15) is 5.26 Å². The molecule has 2 rings (SSSR count). The standard InChI is InChI=1S/C18H20N2O/c1-12-5-8-17(13(2)9-12)20(4)18-10-15(11-19)6-7-16(18)14(3)21/h5-10,14,21H,1-4H3/t14-/m0/s1. The highest BCUT2D eigenvalue weighted by molar-refractivity contribution is 5.70. The van der Waals surface area contributed by atoms with Crippen LogP contribution in [0.5, 0.6) is 0 Å². The summed E-state index contributed by atoms with van der Waals surface area (Å²) < 4.78 is 0. The molecule has 0 amide bonds. The summed E-state index contributed by atoms with van der Waals surface area (Å²) in [5.74, 6) is 0. The van der Waals surface area contributed by atoms with Crippen LogP contribution in [0.3, 0.4) is 0 Å². The van der Waals surface area contributed by atoms with E-state index in [0.29, 0.717) is 5.56 Å².